The summed E-state index contributed by atoms with van der Waals surface area (Å²) in [6.07, 6.45) is 65.6. The van der Waals surface area contributed by atoms with Gasteiger partial charge in [0.05, 0.1) is 25.4 Å². The van der Waals surface area contributed by atoms with Crippen molar-refractivity contribution in [3.8, 4) is 0 Å². The van der Waals surface area contributed by atoms with Gasteiger partial charge in [0.15, 0.2) is 0 Å². The molecule has 0 rings (SSSR count). The number of amides is 1. The summed E-state index contributed by atoms with van der Waals surface area (Å²) in [7, 11) is 0. The van der Waals surface area contributed by atoms with E-state index in [-0.39, 0.29) is 18.5 Å². The number of carbonyl (C=O) groups excluding carboxylic acids is 2. The molecular formula is C58H109NO5. The minimum Gasteiger partial charge on any atom is -0.466 e. The van der Waals surface area contributed by atoms with Crippen molar-refractivity contribution in [2.75, 3.05) is 13.2 Å². The molecule has 0 aliphatic carbocycles. The molecule has 2 atom stereocenters. The van der Waals surface area contributed by atoms with E-state index < -0.39 is 12.1 Å². The number of esters is 1. The van der Waals surface area contributed by atoms with Crippen molar-refractivity contribution in [1.29, 1.82) is 0 Å². The van der Waals surface area contributed by atoms with Gasteiger partial charge in [-0.25, -0.2) is 0 Å². The van der Waals surface area contributed by atoms with E-state index in [1.54, 1.807) is 0 Å². The second-order valence-electron chi connectivity index (χ2n) is 19.3. The number of nitrogens with one attached hydrogen (secondary N) is 1. The maximum atomic E-state index is 12.5. The highest BCUT2D eigenvalue weighted by atomic mass is 16.5. The van der Waals surface area contributed by atoms with Gasteiger partial charge in [-0.3, -0.25) is 9.59 Å². The molecule has 6 nitrogen and oxygen atoms in total. The van der Waals surface area contributed by atoms with Crippen LogP contribution in [0, 0.1) is 0 Å². The predicted octanol–water partition coefficient (Wildman–Crippen LogP) is 17.2. The Hall–Kier alpha value is -1.92. The van der Waals surface area contributed by atoms with Gasteiger partial charge in [-0.1, -0.05) is 237 Å². The van der Waals surface area contributed by atoms with Gasteiger partial charge in [0.2, 0.25) is 5.91 Å². The number of aliphatic hydroxyl groups excluding tert-OH is 2. The molecule has 0 bridgehead atoms. The van der Waals surface area contributed by atoms with Crippen LogP contribution >= 0.6 is 0 Å². The lowest BCUT2D eigenvalue weighted by atomic mass is 10.0. The SMILES string of the molecule is CCCCC/C=C\C/C=C\CCCCCCCC(=O)OCCCC/C=C\CCCCCCCC(=O)NC(CO)C(O)CCCCCCCCCCCCCCCCCCCCCCC. The van der Waals surface area contributed by atoms with Gasteiger partial charge in [0.1, 0.15) is 0 Å². The number of aliphatic hydroxyl groups is 2. The minimum absolute atomic E-state index is 0.0449. The highest BCUT2D eigenvalue weighted by Gasteiger charge is 2.20. The quantitative estimate of drug-likeness (QED) is 0.0321. The van der Waals surface area contributed by atoms with Gasteiger partial charge in [-0.2, -0.15) is 0 Å². The molecule has 6 heteroatoms. The Morgan fingerprint density at radius 1 is 0.438 bits per heavy atom. The first-order valence-electron chi connectivity index (χ1n) is 28.2. The average Bonchev–Trinajstić information content (AvgIpc) is 3.29. The molecule has 3 N–H and O–H groups in total. The van der Waals surface area contributed by atoms with E-state index in [9.17, 15) is 19.8 Å². The first-order valence-corrected chi connectivity index (χ1v) is 28.2. The fraction of sp³-hybridized carbons (Fsp3) is 0.862. The Labute approximate surface area is 398 Å². The van der Waals surface area contributed by atoms with E-state index in [0.29, 0.717) is 25.9 Å². The number of ether oxygens (including phenoxy) is 1. The Balaban J connectivity index is 3.52. The number of hydrogen-bond donors (Lipinski definition) is 3. The van der Waals surface area contributed by atoms with E-state index in [1.165, 1.54) is 167 Å². The van der Waals surface area contributed by atoms with Crippen molar-refractivity contribution in [3.05, 3.63) is 36.5 Å². The van der Waals surface area contributed by atoms with Crippen LogP contribution in [0.5, 0.6) is 0 Å². The summed E-state index contributed by atoms with van der Waals surface area (Å²) in [5.41, 5.74) is 0. The lowest BCUT2D eigenvalue weighted by Gasteiger charge is -2.22. The van der Waals surface area contributed by atoms with Gasteiger partial charge in [-0.05, 0) is 83.5 Å². The minimum atomic E-state index is -0.685. The first-order chi connectivity index (χ1) is 31.5. The molecule has 376 valence electrons. The molecule has 1 amide bonds. The summed E-state index contributed by atoms with van der Waals surface area (Å²) < 4.78 is 5.43. The predicted molar refractivity (Wildman–Crippen MR) is 278 cm³/mol. The molecule has 0 heterocycles. The van der Waals surface area contributed by atoms with E-state index in [1.807, 2.05) is 0 Å². The van der Waals surface area contributed by atoms with Gasteiger partial charge >= 0.3 is 5.97 Å². The van der Waals surface area contributed by atoms with E-state index in [2.05, 4.69) is 55.6 Å². The van der Waals surface area contributed by atoms with Crippen molar-refractivity contribution in [2.45, 2.75) is 309 Å². The normalized spacial score (nSPS) is 12.9. The Morgan fingerprint density at radius 2 is 0.781 bits per heavy atom. The van der Waals surface area contributed by atoms with Crippen LogP contribution < -0.4 is 5.32 Å². The summed E-state index contributed by atoms with van der Waals surface area (Å²) in [4.78, 5) is 24.5. The molecular weight excluding hydrogens is 791 g/mol. The van der Waals surface area contributed by atoms with Crippen LogP contribution in [0.4, 0.5) is 0 Å². The molecule has 0 spiro atoms. The molecule has 0 aromatic carbocycles. The van der Waals surface area contributed by atoms with Crippen LogP contribution in [0.25, 0.3) is 0 Å². The smallest absolute Gasteiger partial charge is 0.305 e. The Kier molecular flexibility index (Phi) is 52.1. The lowest BCUT2D eigenvalue weighted by Crippen LogP contribution is -2.45. The van der Waals surface area contributed by atoms with Crippen molar-refractivity contribution in [1.82, 2.24) is 5.32 Å². The maximum absolute atomic E-state index is 12.5. The van der Waals surface area contributed by atoms with E-state index in [4.69, 9.17) is 4.74 Å². The zero-order valence-corrected chi connectivity index (χ0v) is 42.8. The molecule has 0 fully saturated rings. The third-order valence-electron chi connectivity index (χ3n) is 12.9. The molecule has 0 aliphatic heterocycles. The van der Waals surface area contributed by atoms with Crippen molar-refractivity contribution in [3.63, 3.8) is 0 Å². The van der Waals surface area contributed by atoms with E-state index in [0.717, 1.165) is 96.3 Å². The monoisotopic (exact) mass is 900 g/mol. The molecule has 0 aromatic rings. The van der Waals surface area contributed by atoms with Crippen LogP contribution in [0.1, 0.15) is 296 Å². The molecule has 64 heavy (non-hydrogen) atoms. The molecule has 2 unspecified atom stereocenters. The van der Waals surface area contributed by atoms with Crippen molar-refractivity contribution >= 4 is 11.9 Å². The second-order valence-corrected chi connectivity index (χ2v) is 19.3. The number of rotatable bonds is 52. The highest BCUT2D eigenvalue weighted by Crippen LogP contribution is 2.17. The van der Waals surface area contributed by atoms with Crippen LogP contribution in [-0.4, -0.2) is 47.4 Å². The summed E-state index contributed by atoms with van der Waals surface area (Å²) in [5, 5.41) is 23.3. The zero-order valence-electron chi connectivity index (χ0n) is 42.8. The number of allylic oxidation sites excluding steroid dienone is 6. The third-order valence-corrected chi connectivity index (χ3v) is 12.9. The highest BCUT2D eigenvalue weighted by molar-refractivity contribution is 5.76. The molecule has 0 aromatic heterocycles. The number of carbonyl (C=O) groups is 2. The zero-order chi connectivity index (χ0) is 46.5. The number of hydrogen-bond acceptors (Lipinski definition) is 5. The van der Waals surface area contributed by atoms with Gasteiger partial charge < -0.3 is 20.3 Å². The average molecular weight is 901 g/mol. The Morgan fingerprint density at radius 3 is 1.23 bits per heavy atom. The fourth-order valence-electron chi connectivity index (χ4n) is 8.55. The van der Waals surface area contributed by atoms with Gasteiger partial charge in [0.25, 0.3) is 0 Å². The second kappa shape index (κ2) is 53.7. The number of unbranched alkanes of at least 4 members (excludes halogenated alkanes) is 35. The van der Waals surface area contributed by atoms with Crippen molar-refractivity contribution in [2.24, 2.45) is 0 Å². The topological polar surface area (TPSA) is 95.9 Å². The van der Waals surface area contributed by atoms with Crippen LogP contribution in [0.15, 0.2) is 36.5 Å². The lowest BCUT2D eigenvalue weighted by molar-refractivity contribution is -0.143. The maximum Gasteiger partial charge on any atom is 0.305 e. The van der Waals surface area contributed by atoms with Crippen LogP contribution in [-0.2, 0) is 14.3 Å². The van der Waals surface area contributed by atoms with Gasteiger partial charge in [0, 0.05) is 12.8 Å². The Bertz CT molecular complexity index is 1040. The molecule has 0 saturated heterocycles. The first kappa shape index (κ1) is 62.1. The third kappa shape index (κ3) is 49.5. The fourth-order valence-corrected chi connectivity index (χ4v) is 8.55. The van der Waals surface area contributed by atoms with Crippen molar-refractivity contribution < 1.29 is 24.5 Å². The van der Waals surface area contributed by atoms with Crippen LogP contribution in [0.2, 0.25) is 0 Å². The molecule has 0 saturated carbocycles. The summed E-state index contributed by atoms with van der Waals surface area (Å²) in [5.74, 6) is -0.108. The standard InChI is InChI=1S/C58H109NO5/c1-3-5-7-9-11-13-15-17-19-20-21-22-23-24-26-27-30-34-38-42-46-50-56(61)55(54-60)59-57(62)51-47-43-39-35-31-29-33-37-41-45-49-53-64-58(63)52-48-44-40-36-32-28-25-18-16-14-12-10-8-6-4-2/h12,14,18,25,33,37,55-56,60-61H,3-11,13,15-17,19-24,26-32,34-36,38-54H2,1-2H3,(H,59,62)/b14-12-,25-18-,37-33-. The molecule has 0 radical (unpaired) electrons. The van der Waals surface area contributed by atoms with E-state index >= 15 is 0 Å². The van der Waals surface area contributed by atoms with Crippen LogP contribution in [0.3, 0.4) is 0 Å². The largest absolute Gasteiger partial charge is 0.466 e. The summed E-state index contributed by atoms with van der Waals surface area (Å²) in [6.45, 7) is 4.85. The summed E-state index contributed by atoms with van der Waals surface area (Å²) >= 11 is 0. The summed E-state index contributed by atoms with van der Waals surface area (Å²) in [6, 6.07) is -0.565. The van der Waals surface area contributed by atoms with Gasteiger partial charge in [-0.15, -0.1) is 0 Å². The molecule has 0 aliphatic rings.